The van der Waals surface area contributed by atoms with Crippen LogP contribution in [0.15, 0.2) is 18.2 Å². The van der Waals surface area contributed by atoms with Gasteiger partial charge in [0.25, 0.3) is 0 Å². The van der Waals surface area contributed by atoms with Crippen LogP contribution in [0, 0.1) is 0 Å². The van der Waals surface area contributed by atoms with E-state index in [4.69, 9.17) is 5.73 Å². The van der Waals surface area contributed by atoms with Crippen molar-refractivity contribution in [2.45, 2.75) is 51.6 Å². The maximum Gasteiger partial charge on any atom is 0.222 e. The number of rotatable bonds is 5. The van der Waals surface area contributed by atoms with Crippen LogP contribution in [-0.2, 0) is 11.3 Å². The van der Waals surface area contributed by atoms with Gasteiger partial charge < -0.3 is 15.6 Å². The van der Waals surface area contributed by atoms with Crippen LogP contribution in [0.3, 0.4) is 0 Å². The van der Waals surface area contributed by atoms with E-state index in [1.165, 1.54) is 0 Å². The van der Waals surface area contributed by atoms with Gasteiger partial charge >= 0.3 is 0 Å². The zero-order chi connectivity index (χ0) is 15.0. The number of nitrogens with one attached hydrogen (secondary N) is 1. The van der Waals surface area contributed by atoms with E-state index in [0.29, 0.717) is 30.6 Å². The summed E-state index contributed by atoms with van der Waals surface area (Å²) in [4.78, 5) is 16.6. The Balaban J connectivity index is 1.84. The predicted molar refractivity (Wildman–Crippen MR) is 84.0 cm³/mol. The Hall–Kier alpha value is -2.04. The molecule has 1 aliphatic rings. The van der Waals surface area contributed by atoms with Gasteiger partial charge in [0.05, 0.1) is 11.0 Å². The van der Waals surface area contributed by atoms with Crippen LogP contribution in [0.4, 0.5) is 5.69 Å². The number of fused-ring (bicyclic) bond motifs is 1. The number of imidazole rings is 1. The van der Waals surface area contributed by atoms with Crippen molar-refractivity contribution in [2.24, 2.45) is 0 Å². The van der Waals surface area contributed by atoms with Gasteiger partial charge in [-0.2, -0.15) is 0 Å². The summed E-state index contributed by atoms with van der Waals surface area (Å²) in [6.07, 6.45) is 2.73. The highest BCUT2D eigenvalue weighted by Gasteiger charge is 2.23. The minimum atomic E-state index is 0.129. The van der Waals surface area contributed by atoms with Crippen molar-refractivity contribution in [1.82, 2.24) is 14.9 Å². The van der Waals surface area contributed by atoms with Crippen molar-refractivity contribution in [1.29, 1.82) is 0 Å². The molecule has 0 spiro atoms. The highest BCUT2D eigenvalue weighted by Crippen LogP contribution is 2.24. The SMILES string of the molecule is CC(C)c1nc2cc(N)ccc2n1CCC(=O)NC1CC1. The summed E-state index contributed by atoms with van der Waals surface area (Å²) in [5.41, 5.74) is 8.50. The van der Waals surface area contributed by atoms with E-state index in [0.717, 1.165) is 29.7 Å². The standard InChI is InChI=1S/C16H22N4O/c1-10(2)16-19-13-9-11(17)3-6-14(13)20(16)8-7-15(21)18-12-4-5-12/h3,6,9-10,12H,4-5,7-8,17H2,1-2H3,(H,18,21). The van der Waals surface area contributed by atoms with E-state index in [-0.39, 0.29) is 5.91 Å². The summed E-state index contributed by atoms with van der Waals surface area (Å²) in [5.74, 6) is 1.45. The Kier molecular flexibility index (Phi) is 3.57. The number of hydrogen-bond donors (Lipinski definition) is 2. The molecule has 112 valence electrons. The molecule has 5 heteroatoms. The molecule has 3 N–H and O–H groups in total. The van der Waals surface area contributed by atoms with Crippen molar-refractivity contribution in [2.75, 3.05) is 5.73 Å². The van der Waals surface area contributed by atoms with Crippen LogP contribution in [0.1, 0.15) is 44.9 Å². The topological polar surface area (TPSA) is 72.9 Å². The van der Waals surface area contributed by atoms with Crippen molar-refractivity contribution in [3.63, 3.8) is 0 Å². The number of amides is 1. The Morgan fingerprint density at radius 3 is 2.90 bits per heavy atom. The first-order chi connectivity index (χ1) is 10.0. The molecular formula is C16H22N4O. The fourth-order valence-electron chi connectivity index (χ4n) is 2.58. The molecule has 0 bridgehead atoms. The third-order valence-corrected chi connectivity index (χ3v) is 3.82. The number of nitrogens with zero attached hydrogens (tertiary/aromatic N) is 2. The second-order valence-electron chi connectivity index (χ2n) is 6.12. The average molecular weight is 286 g/mol. The van der Waals surface area contributed by atoms with Crippen molar-refractivity contribution in [3.05, 3.63) is 24.0 Å². The summed E-state index contributed by atoms with van der Waals surface area (Å²) in [6.45, 7) is 4.89. The highest BCUT2D eigenvalue weighted by molar-refractivity contribution is 5.80. The lowest BCUT2D eigenvalue weighted by Gasteiger charge is -2.11. The van der Waals surface area contributed by atoms with E-state index < -0.39 is 0 Å². The minimum Gasteiger partial charge on any atom is -0.399 e. The highest BCUT2D eigenvalue weighted by atomic mass is 16.1. The summed E-state index contributed by atoms with van der Waals surface area (Å²) in [5, 5.41) is 3.03. The number of carbonyl (C=O) groups is 1. The van der Waals surface area contributed by atoms with Gasteiger partial charge in [-0.15, -0.1) is 0 Å². The van der Waals surface area contributed by atoms with Gasteiger partial charge in [0.1, 0.15) is 5.82 Å². The fraction of sp³-hybridized carbons (Fsp3) is 0.500. The molecule has 3 rings (SSSR count). The molecule has 1 heterocycles. The van der Waals surface area contributed by atoms with Gasteiger partial charge in [0.15, 0.2) is 0 Å². The second-order valence-corrected chi connectivity index (χ2v) is 6.12. The number of nitrogens with two attached hydrogens (primary N) is 1. The maximum absolute atomic E-state index is 11.9. The molecule has 0 unspecified atom stereocenters. The molecule has 0 saturated heterocycles. The van der Waals surface area contributed by atoms with Gasteiger partial charge in [-0.25, -0.2) is 4.98 Å². The van der Waals surface area contributed by atoms with E-state index in [9.17, 15) is 4.79 Å². The molecule has 1 aromatic heterocycles. The lowest BCUT2D eigenvalue weighted by molar-refractivity contribution is -0.121. The Bertz CT molecular complexity index is 670. The van der Waals surface area contributed by atoms with Crippen molar-refractivity contribution in [3.8, 4) is 0 Å². The second kappa shape index (κ2) is 5.39. The number of aromatic nitrogens is 2. The van der Waals surface area contributed by atoms with E-state index in [2.05, 4.69) is 28.7 Å². The van der Waals surface area contributed by atoms with Crippen LogP contribution in [0.5, 0.6) is 0 Å². The van der Waals surface area contributed by atoms with Crippen LogP contribution in [0.25, 0.3) is 11.0 Å². The number of anilines is 1. The molecule has 0 radical (unpaired) electrons. The zero-order valence-corrected chi connectivity index (χ0v) is 12.6. The molecule has 1 saturated carbocycles. The largest absolute Gasteiger partial charge is 0.399 e. The van der Waals surface area contributed by atoms with Gasteiger partial charge in [0, 0.05) is 30.6 Å². The molecular weight excluding hydrogens is 264 g/mol. The van der Waals surface area contributed by atoms with Crippen LogP contribution in [-0.4, -0.2) is 21.5 Å². The number of nitrogen functional groups attached to an aromatic ring is 1. The normalized spacial score (nSPS) is 14.8. The summed E-state index contributed by atoms with van der Waals surface area (Å²) in [7, 11) is 0. The number of aryl methyl sites for hydroxylation is 1. The first-order valence-corrected chi connectivity index (χ1v) is 7.59. The minimum absolute atomic E-state index is 0.129. The first-order valence-electron chi connectivity index (χ1n) is 7.59. The number of hydrogen-bond acceptors (Lipinski definition) is 3. The molecule has 1 aliphatic carbocycles. The first kappa shape index (κ1) is 13.9. The monoisotopic (exact) mass is 286 g/mol. The predicted octanol–water partition coefficient (Wildman–Crippen LogP) is 2.41. The van der Waals surface area contributed by atoms with Gasteiger partial charge in [-0.1, -0.05) is 13.8 Å². The van der Waals surface area contributed by atoms with E-state index >= 15 is 0 Å². The molecule has 2 aromatic rings. The quantitative estimate of drug-likeness (QED) is 0.829. The Labute approximate surface area is 124 Å². The molecule has 0 aliphatic heterocycles. The summed E-state index contributed by atoms with van der Waals surface area (Å²) < 4.78 is 2.14. The Morgan fingerprint density at radius 2 is 2.24 bits per heavy atom. The van der Waals surface area contributed by atoms with Gasteiger partial charge in [0.2, 0.25) is 5.91 Å². The number of carbonyl (C=O) groups excluding carboxylic acids is 1. The molecule has 1 aromatic carbocycles. The van der Waals surface area contributed by atoms with Crippen LogP contribution < -0.4 is 11.1 Å². The zero-order valence-electron chi connectivity index (χ0n) is 12.6. The van der Waals surface area contributed by atoms with Crippen molar-refractivity contribution < 1.29 is 4.79 Å². The smallest absolute Gasteiger partial charge is 0.222 e. The molecule has 5 nitrogen and oxygen atoms in total. The number of benzene rings is 1. The third-order valence-electron chi connectivity index (χ3n) is 3.82. The van der Waals surface area contributed by atoms with Crippen LogP contribution >= 0.6 is 0 Å². The molecule has 1 fully saturated rings. The Morgan fingerprint density at radius 1 is 1.48 bits per heavy atom. The molecule has 1 amide bonds. The molecule has 21 heavy (non-hydrogen) atoms. The van der Waals surface area contributed by atoms with Crippen molar-refractivity contribution >= 4 is 22.6 Å². The third kappa shape index (κ3) is 3.01. The molecule has 0 atom stereocenters. The van der Waals surface area contributed by atoms with E-state index in [1.807, 2.05) is 18.2 Å². The average Bonchev–Trinajstić information content (AvgIpc) is 3.15. The fourth-order valence-corrected chi connectivity index (χ4v) is 2.58. The van der Waals surface area contributed by atoms with Crippen LogP contribution in [0.2, 0.25) is 0 Å². The van der Waals surface area contributed by atoms with Gasteiger partial charge in [-0.3, -0.25) is 4.79 Å². The maximum atomic E-state index is 11.9. The van der Waals surface area contributed by atoms with E-state index in [1.54, 1.807) is 0 Å². The lowest BCUT2D eigenvalue weighted by Crippen LogP contribution is -2.26. The van der Waals surface area contributed by atoms with Gasteiger partial charge in [-0.05, 0) is 31.0 Å². The lowest BCUT2D eigenvalue weighted by atomic mass is 10.2. The summed E-state index contributed by atoms with van der Waals surface area (Å²) >= 11 is 0. The summed E-state index contributed by atoms with van der Waals surface area (Å²) in [6, 6.07) is 6.18.